The van der Waals surface area contributed by atoms with E-state index in [0.717, 1.165) is 35.1 Å². The molecular formula is C12H12O4. The quantitative estimate of drug-likeness (QED) is 0.792. The number of hydrogen-bond donors (Lipinski definition) is 1. The summed E-state index contributed by atoms with van der Waals surface area (Å²) >= 11 is 0. The highest BCUT2D eigenvalue weighted by Crippen LogP contribution is 2.38. The largest absolute Gasteiger partial charge is 0.478 e. The van der Waals surface area contributed by atoms with Crippen LogP contribution in [0.1, 0.15) is 18.1 Å². The molecule has 0 spiro atoms. The van der Waals surface area contributed by atoms with Crippen molar-refractivity contribution in [2.45, 2.75) is 13.3 Å². The Morgan fingerprint density at radius 1 is 1.50 bits per heavy atom. The van der Waals surface area contributed by atoms with E-state index in [-0.39, 0.29) is 6.79 Å². The monoisotopic (exact) mass is 220 g/mol. The number of carboxylic acid groups (broad SMARTS) is 1. The lowest BCUT2D eigenvalue weighted by Crippen LogP contribution is -1.95. The molecule has 4 nitrogen and oxygen atoms in total. The van der Waals surface area contributed by atoms with Gasteiger partial charge in [-0.3, -0.25) is 0 Å². The van der Waals surface area contributed by atoms with Crippen LogP contribution >= 0.6 is 0 Å². The molecule has 0 radical (unpaired) electrons. The maximum Gasteiger partial charge on any atom is 0.328 e. The van der Waals surface area contributed by atoms with E-state index in [9.17, 15) is 4.79 Å². The van der Waals surface area contributed by atoms with Crippen molar-refractivity contribution in [2.24, 2.45) is 0 Å². The molecule has 1 aliphatic rings. The highest BCUT2D eigenvalue weighted by Gasteiger charge is 2.18. The van der Waals surface area contributed by atoms with E-state index in [0.29, 0.717) is 0 Å². The Kier molecular flexibility index (Phi) is 2.81. The summed E-state index contributed by atoms with van der Waals surface area (Å²) in [6, 6.07) is 3.63. The third kappa shape index (κ3) is 1.86. The van der Waals surface area contributed by atoms with E-state index in [1.807, 2.05) is 13.0 Å². The van der Waals surface area contributed by atoms with Crippen LogP contribution in [0.3, 0.4) is 0 Å². The van der Waals surface area contributed by atoms with E-state index in [1.165, 1.54) is 0 Å². The normalized spacial score (nSPS) is 13.3. The summed E-state index contributed by atoms with van der Waals surface area (Å²) in [4.78, 5) is 10.5. The summed E-state index contributed by atoms with van der Waals surface area (Å²) in [7, 11) is 0. The van der Waals surface area contributed by atoms with Gasteiger partial charge in [0, 0.05) is 11.6 Å². The van der Waals surface area contributed by atoms with Crippen LogP contribution in [0, 0.1) is 0 Å². The predicted molar refractivity (Wildman–Crippen MR) is 58.6 cm³/mol. The van der Waals surface area contributed by atoms with Crippen LogP contribution in [-0.2, 0) is 11.2 Å². The summed E-state index contributed by atoms with van der Waals surface area (Å²) in [5, 5.41) is 8.59. The second-order valence-electron chi connectivity index (χ2n) is 3.39. The second-order valence-corrected chi connectivity index (χ2v) is 3.39. The van der Waals surface area contributed by atoms with Gasteiger partial charge in [-0.15, -0.1) is 0 Å². The Morgan fingerprint density at radius 3 is 3.00 bits per heavy atom. The maximum absolute atomic E-state index is 10.5. The number of fused-ring (bicyclic) bond motifs is 1. The molecular weight excluding hydrogens is 208 g/mol. The van der Waals surface area contributed by atoms with Crippen molar-refractivity contribution in [1.29, 1.82) is 0 Å². The Labute approximate surface area is 93.1 Å². The summed E-state index contributed by atoms with van der Waals surface area (Å²) in [5.74, 6) is 0.499. The number of carboxylic acids is 1. The molecule has 0 saturated carbocycles. The molecule has 16 heavy (non-hydrogen) atoms. The fraction of sp³-hybridized carbons (Fsp3) is 0.250. The molecule has 2 rings (SSSR count). The van der Waals surface area contributed by atoms with Crippen LogP contribution < -0.4 is 9.47 Å². The average molecular weight is 220 g/mol. The van der Waals surface area contributed by atoms with Crippen LogP contribution in [0.4, 0.5) is 0 Å². The minimum atomic E-state index is -0.959. The third-order valence-corrected chi connectivity index (χ3v) is 2.44. The summed E-state index contributed by atoms with van der Waals surface area (Å²) in [5.41, 5.74) is 1.83. The zero-order valence-electron chi connectivity index (χ0n) is 8.90. The van der Waals surface area contributed by atoms with Gasteiger partial charge in [-0.1, -0.05) is 13.0 Å². The van der Waals surface area contributed by atoms with Gasteiger partial charge in [-0.05, 0) is 24.1 Å². The number of aliphatic carboxylic acids is 1. The first-order valence-corrected chi connectivity index (χ1v) is 5.05. The number of carbonyl (C=O) groups is 1. The van der Waals surface area contributed by atoms with E-state index < -0.39 is 5.97 Å². The van der Waals surface area contributed by atoms with Gasteiger partial charge in [0.2, 0.25) is 6.79 Å². The van der Waals surface area contributed by atoms with Gasteiger partial charge in [-0.2, -0.15) is 0 Å². The molecule has 0 atom stereocenters. The highest BCUT2D eigenvalue weighted by atomic mass is 16.7. The topological polar surface area (TPSA) is 55.8 Å². The van der Waals surface area contributed by atoms with Gasteiger partial charge in [0.05, 0.1) is 0 Å². The zero-order valence-corrected chi connectivity index (χ0v) is 8.90. The van der Waals surface area contributed by atoms with Crippen molar-refractivity contribution in [3.63, 3.8) is 0 Å². The van der Waals surface area contributed by atoms with Gasteiger partial charge < -0.3 is 14.6 Å². The first-order chi connectivity index (χ1) is 7.72. The van der Waals surface area contributed by atoms with Gasteiger partial charge in [0.25, 0.3) is 0 Å². The lowest BCUT2D eigenvalue weighted by atomic mass is 10.0. The lowest BCUT2D eigenvalue weighted by Gasteiger charge is -2.07. The summed E-state index contributed by atoms with van der Waals surface area (Å²) in [6.07, 6.45) is 3.46. The number of rotatable bonds is 3. The minimum absolute atomic E-state index is 0.231. The molecule has 1 heterocycles. The first-order valence-electron chi connectivity index (χ1n) is 5.05. The molecule has 4 heteroatoms. The molecule has 0 aromatic heterocycles. The summed E-state index contributed by atoms with van der Waals surface area (Å²) < 4.78 is 10.6. The molecule has 1 aromatic rings. The van der Waals surface area contributed by atoms with Crippen molar-refractivity contribution in [1.82, 2.24) is 0 Å². The fourth-order valence-corrected chi connectivity index (χ4v) is 1.73. The van der Waals surface area contributed by atoms with Crippen molar-refractivity contribution in [2.75, 3.05) is 6.79 Å². The Balaban J connectivity index is 2.43. The Bertz CT molecular complexity index is 449. The van der Waals surface area contributed by atoms with Crippen LogP contribution in [0.5, 0.6) is 11.5 Å². The molecule has 0 fully saturated rings. The maximum atomic E-state index is 10.5. The van der Waals surface area contributed by atoms with Crippen molar-refractivity contribution in [3.05, 3.63) is 29.3 Å². The van der Waals surface area contributed by atoms with Crippen LogP contribution in [-0.4, -0.2) is 17.9 Å². The first kappa shape index (κ1) is 10.5. The van der Waals surface area contributed by atoms with Crippen LogP contribution in [0.25, 0.3) is 6.08 Å². The standard InChI is InChI=1S/C12H12O4/c1-2-9-8(4-6-11(13)14)3-5-10-12(9)16-7-15-10/h3-6H,2,7H2,1H3,(H,13,14)/b6-4+. The van der Waals surface area contributed by atoms with Crippen molar-refractivity contribution in [3.8, 4) is 11.5 Å². The molecule has 0 bridgehead atoms. The molecule has 84 valence electrons. The lowest BCUT2D eigenvalue weighted by molar-refractivity contribution is -0.131. The smallest absolute Gasteiger partial charge is 0.328 e. The van der Waals surface area contributed by atoms with Gasteiger partial charge in [0.1, 0.15) is 0 Å². The minimum Gasteiger partial charge on any atom is -0.478 e. The molecule has 1 N–H and O–H groups in total. The second kappa shape index (κ2) is 4.26. The van der Waals surface area contributed by atoms with Crippen LogP contribution in [0.2, 0.25) is 0 Å². The highest BCUT2D eigenvalue weighted by molar-refractivity contribution is 5.86. The van der Waals surface area contributed by atoms with Crippen molar-refractivity contribution < 1.29 is 19.4 Å². The van der Waals surface area contributed by atoms with Gasteiger partial charge >= 0.3 is 5.97 Å². The SMILES string of the molecule is CCc1c(/C=C/C(=O)O)ccc2c1OCO2. The number of benzene rings is 1. The van der Waals surface area contributed by atoms with Crippen molar-refractivity contribution >= 4 is 12.0 Å². The average Bonchev–Trinajstić information content (AvgIpc) is 2.73. The summed E-state index contributed by atoms with van der Waals surface area (Å²) in [6.45, 7) is 2.23. The molecule has 0 unspecified atom stereocenters. The number of ether oxygens (including phenoxy) is 2. The fourth-order valence-electron chi connectivity index (χ4n) is 1.73. The number of hydrogen-bond acceptors (Lipinski definition) is 3. The molecule has 1 aromatic carbocycles. The molecule has 0 amide bonds. The predicted octanol–water partition coefficient (Wildman–Crippen LogP) is 2.08. The van der Waals surface area contributed by atoms with E-state index in [4.69, 9.17) is 14.6 Å². The van der Waals surface area contributed by atoms with E-state index in [2.05, 4.69) is 0 Å². The third-order valence-electron chi connectivity index (χ3n) is 2.44. The van der Waals surface area contributed by atoms with E-state index in [1.54, 1.807) is 12.1 Å². The van der Waals surface area contributed by atoms with Gasteiger partial charge in [-0.25, -0.2) is 4.79 Å². The molecule has 0 aliphatic carbocycles. The molecule has 1 aliphatic heterocycles. The van der Waals surface area contributed by atoms with Crippen LogP contribution in [0.15, 0.2) is 18.2 Å². The zero-order chi connectivity index (χ0) is 11.5. The van der Waals surface area contributed by atoms with E-state index >= 15 is 0 Å². The Morgan fingerprint density at radius 2 is 2.31 bits per heavy atom. The molecule has 0 saturated heterocycles. The Hall–Kier alpha value is -1.97. The van der Waals surface area contributed by atoms with Gasteiger partial charge in [0.15, 0.2) is 11.5 Å².